The Kier molecular flexibility index (Phi) is 5.89. The van der Waals surface area contributed by atoms with E-state index in [0.717, 1.165) is 36.9 Å². The van der Waals surface area contributed by atoms with Crippen LogP contribution in [-0.4, -0.2) is 39.0 Å². The SMILES string of the molecule is O=C(NCC1CC1)c1c(NC(=O)C2CC2)sc2c1CC(Nn1ccnc1Nc1cccnc1)CC2. The van der Waals surface area contributed by atoms with E-state index in [4.69, 9.17) is 0 Å². The molecule has 35 heavy (non-hydrogen) atoms. The number of amides is 2. The summed E-state index contributed by atoms with van der Waals surface area (Å²) in [6, 6.07) is 3.94. The van der Waals surface area contributed by atoms with Crippen LogP contribution in [0.2, 0.25) is 0 Å². The molecule has 0 bridgehead atoms. The van der Waals surface area contributed by atoms with E-state index in [2.05, 4.69) is 31.3 Å². The molecule has 3 aromatic rings. The molecule has 3 aliphatic carbocycles. The first kappa shape index (κ1) is 22.1. The first-order valence-corrected chi connectivity index (χ1v) is 13.2. The lowest BCUT2D eigenvalue weighted by Gasteiger charge is -2.26. The zero-order chi connectivity index (χ0) is 23.8. The number of hydrogen-bond donors (Lipinski definition) is 4. The van der Waals surface area contributed by atoms with Gasteiger partial charge in [0.2, 0.25) is 11.9 Å². The molecule has 9 nitrogen and oxygen atoms in total. The molecule has 4 N–H and O–H groups in total. The molecule has 1 atom stereocenters. The van der Waals surface area contributed by atoms with Crippen LogP contribution in [0.25, 0.3) is 0 Å². The Morgan fingerprint density at radius 1 is 1.14 bits per heavy atom. The summed E-state index contributed by atoms with van der Waals surface area (Å²) in [5.41, 5.74) is 6.12. The van der Waals surface area contributed by atoms with Gasteiger partial charge in [0, 0.05) is 42.0 Å². The maximum atomic E-state index is 13.3. The first-order chi connectivity index (χ1) is 17.1. The van der Waals surface area contributed by atoms with Crippen molar-refractivity contribution in [2.75, 3.05) is 22.6 Å². The van der Waals surface area contributed by atoms with Gasteiger partial charge in [-0.3, -0.25) is 14.6 Å². The van der Waals surface area contributed by atoms with E-state index in [9.17, 15) is 9.59 Å². The van der Waals surface area contributed by atoms with E-state index >= 15 is 0 Å². The Labute approximate surface area is 207 Å². The molecule has 0 saturated heterocycles. The summed E-state index contributed by atoms with van der Waals surface area (Å²) in [5.74, 6) is 1.34. The molecule has 6 rings (SSSR count). The van der Waals surface area contributed by atoms with E-state index in [-0.39, 0.29) is 23.8 Å². The highest BCUT2D eigenvalue weighted by molar-refractivity contribution is 7.17. The molecule has 3 aromatic heterocycles. The summed E-state index contributed by atoms with van der Waals surface area (Å²) in [5, 5.41) is 10.2. The lowest BCUT2D eigenvalue weighted by atomic mass is 9.91. The molecule has 2 amide bonds. The number of carbonyl (C=O) groups is 2. The number of nitrogens with one attached hydrogen (secondary N) is 4. The minimum atomic E-state index is -0.0669. The Morgan fingerprint density at radius 3 is 2.80 bits per heavy atom. The third-order valence-corrected chi connectivity index (χ3v) is 8.01. The fourth-order valence-corrected chi connectivity index (χ4v) is 5.74. The maximum Gasteiger partial charge on any atom is 0.254 e. The van der Waals surface area contributed by atoms with Gasteiger partial charge in [-0.2, -0.15) is 0 Å². The molecular weight excluding hydrogens is 462 g/mol. The van der Waals surface area contributed by atoms with E-state index in [1.807, 2.05) is 23.0 Å². The smallest absolute Gasteiger partial charge is 0.254 e. The van der Waals surface area contributed by atoms with Crippen LogP contribution >= 0.6 is 11.3 Å². The zero-order valence-electron chi connectivity index (χ0n) is 19.4. The minimum Gasteiger partial charge on any atom is -0.352 e. The summed E-state index contributed by atoms with van der Waals surface area (Å²) in [6.45, 7) is 0.708. The van der Waals surface area contributed by atoms with Crippen molar-refractivity contribution < 1.29 is 9.59 Å². The fraction of sp³-hybridized carbons (Fsp3) is 0.440. The van der Waals surface area contributed by atoms with Crippen LogP contribution in [0.3, 0.4) is 0 Å². The normalized spacial score (nSPS) is 19.0. The third kappa shape index (κ3) is 5.02. The zero-order valence-corrected chi connectivity index (χ0v) is 20.2. The van der Waals surface area contributed by atoms with E-state index < -0.39 is 0 Å². The Morgan fingerprint density at radius 2 is 2.03 bits per heavy atom. The molecule has 3 aliphatic rings. The standard InChI is InChI=1S/C25H29N7O2S/c33-22(16-5-6-16)30-24-21(23(34)28-13-15-3-4-15)19-12-17(7-8-20(19)35-24)31-32-11-10-27-25(32)29-18-2-1-9-26-14-18/h1-2,9-11,14-17,31H,3-8,12-13H2,(H,27,29)(H,28,34)(H,30,33). The number of thiophene rings is 1. The average molecular weight is 492 g/mol. The molecule has 0 spiro atoms. The molecule has 3 heterocycles. The van der Waals surface area contributed by atoms with Crippen LogP contribution < -0.4 is 21.4 Å². The van der Waals surface area contributed by atoms with Gasteiger partial charge in [0.15, 0.2) is 0 Å². The summed E-state index contributed by atoms with van der Waals surface area (Å²) in [4.78, 5) is 35.6. The van der Waals surface area contributed by atoms with Crippen molar-refractivity contribution in [3.8, 4) is 0 Å². The van der Waals surface area contributed by atoms with Crippen molar-refractivity contribution >= 4 is 39.8 Å². The molecule has 10 heteroatoms. The van der Waals surface area contributed by atoms with Crippen molar-refractivity contribution in [1.82, 2.24) is 20.0 Å². The number of fused-ring (bicyclic) bond motifs is 1. The van der Waals surface area contributed by atoms with Gasteiger partial charge in [0.25, 0.3) is 5.91 Å². The molecule has 182 valence electrons. The fourth-order valence-electron chi connectivity index (χ4n) is 4.49. The number of anilines is 3. The second kappa shape index (κ2) is 9.33. The number of rotatable bonds is 9. The van der Waals surface area contributed by atoms with Crippen molar-refractivity contribution in [1.29, 1.82) is 0 Å². The van der Waals surface area contributed by atoms with Gasteiger partial charge in [-0.15, -0.1) is 11.3 Å². The molecule has 0 aromatic carbocycles. The molecular formula is C25H29N7O2S. The number of nitrogens with zero attached hydrogens (tertiary/aromatic N) is 3. The van der Waals surface area contributed by atoms with Gasteiger partial charge in [-0.1, -0.05) is 0 Å². The van der Waals surface area contributed by atoms with Crippen molar-refractivity contribution in [2.45, 2.75) is 51.0 Å². The van der Waals surface area contributed by atoms with Gasteiger partial charge in [0.1, 0.15) is 5.00 Å². The number of aryl methyl sites for hydroxylation is 1. The minimum absolute atomic E-state index is 0.0408. The molecule has 2 fully saturated rings. The van der Waals surface area contributed by atoms with Gasteiger partial charge in [-0.05, 0) is 68.6 Å². The van der Waals surface area contributed by atoms with Crippen molar-refractivity contribution in [2.24, 2.45) is 11.8 Å². The van der Waals surface area contributed by atoms with Crippen LogP contribution in [0.5, 0.6) is 0 Å². The second-order valence-corrected chi connectivity index (χ2v) is 10.8. The Balaban J connectivity index is 1.21. The van der Waals surface area contributed by atoms with E-state index in [0.29, 0.717) is 35.4 Å². The molecule has 2 saturated carbocycles. The highest BCUT2D eigenvalue weighted by Crippen LogP contribution is 2.40. The Hall–Kier alpha value is -3.40. The van der Waals surface area contributed by atoms with Crippen LogP contribution in [0.1, 0.15) is 52.9 Å². The van der Waals surface area contributed by atoms with Crippen LogP contribution in [0, 0.1) is 11.8 Å². The second-order valence-electron chi connectivity index (χ2n) is 9.68. The number of pyridine rings is 1. The van der Waals surface area contributed by atoms with Crippen molar-refractivity contribution in [3.63, 3.8) is 0 Å². The van der Waals surface area contributed by atoms with Gasteiger partial charge < -0.3 is 21.4 Å². The molecule has 0 radical (unpaired) electrons. The summed E-state index contributed by atoms with van der Waals surface area (Å²) >= 11 is 1.57. The predicted molar refractivity (Wildman–Crippen MR) is 136 cm³/mol. The maximum absolute atomic E-state index is 13.3. The summed E-state index contributed by atoms with van der Waals surface area (Å²) in [6.07, 6.45) is 13.8. The van der Waals surface area contributed by atoms with Crippen LogP contribution in [-0.2, 0) is 17.6 Å². The van der Waals surface area contributed by atoms with Crippen LogP contribution in [0.4, 0.5) is 16.6 Å². The van der Waals surface area contributed by atoms with Crippen molar-refractivity contribution in [3.05, 3.63) is 52.9 Å². The number of hydrogen-bond acceptors (Lipinski definition) is 7. The topological polar surface area (TPSA) is 113 Å². The predicted octanol–water partition coefficient (Wildman–Crippen LogP) is 3.67. The highest BCUT2D eigenvalue weighted by Gasteiger charge is 2.34. The lowest BCUT2D eigenvalue weighted by molar-refractivity contribution is -0.117. The van der Waals surface area contributed by atoms with E-state index in [1.54, 1.807) is 29.9 Å². The lowest BCUT2D eigenvalue weighted by Crippen LogP contribution is -2.34. The summed E-state index contributed by atoms with van der Waals surface area (Å²) < 4.78 is 1.89. The summed E-state index contributed by atoms with van der Waals surface area (Å²) in [7, 11) is 0. The monoisotopic (exact) mass is 491 g/mol. The van der Waals surface area contributed by atoms with Crippen LogP contribution in [0.15, 0.2) is 36.9 Å². The Bertz CT molecular complexity index is 1230. The molecule has 1 unspecified atom stereocenters. The third-order valence-electron chi connectivity index (χ3n) is 6.80. The molecule has 0 aliphatic heterocycles. The van der Waals surface area contributed by atoms with Gasteiger partial charge in [0.05, 0.1) is 17.4 Å². The average Bonchev–Trinajstić information content (AvgIpc) is 3.79. The first-order valence-electron chi connectivity index (χ1n) is 12.3. The van der Waals surface area contributed by atoms with E-state index in [1.165, 1.54) is 17.7 Å². The quantitative estimate of drug-likeness (QED) is 0.363. The van der Waals surface area contributed by atoms with Gasteiger partial charge in [-0.25, -0.2) is 9.66 Å². The number of carbonyl (C=O) groups excluding carboxylic acids is 2. The number of aromatic nitrogens is 3. The highest BCUT2D eigenvalue weighted by atomic mass is 32.1. The largest absolute Gasteiger partial charge is 0.352 e. The number of imidazole rings is 1. The van der Waals surface area contributed by atoms with Gasteiger partial charge >= 0.3 is 0 Å².